The molecule has 0 bridgehead atoms. The lowest BCUT2D eigenvalue weighted by Crippen LogP contribution is -2.11. The van der Waals surface area contributed by atoms with E-state index in [2.05, 4.69) is 10.3 Å². The second-order valence-corrected chi connectivity index (χ2v) is 6.03. The molecule has 4 nitrogen and oxygen atoms in total. The normalized spacial score (nSPS) is 10.6. The van der Waals surface area contributed by atoms with Gasteiger partial charge in [-0.15, -0.1) is 0 Å². The molecule has 1 aromatic heterocycles. The first kappa shape index (κ1) is 16.0. The minimum absolute atomic E-state index is 0.133. The number of aromatic amines is 1. The van der Waals surface area contributed by atoms with Crippen molar-refractivity contribution in [2.45, 2.75) is 6.61 Å². The predicted octanol–water partition coefficient (Wildman–Crippen LogP) is 5.00. The van der Waals surface area contributed by atoms with Crippen LogP contribution < -0.4 is 10.1 Å². The summed E-state index contributed by atoms with van der Waals surface area (Å²) in [5, 5.41) is 3.93. The van der Waals surface area contributed by atoms with Gasteiger partial charge in [0.1, 0.15) is 12.4 Å². The van der Waals surface area contributed by atoms with E-state index >= 15 is 0 Å². The average molecular weight is 342 g/mol. The molecular formula is C22H18N2O2. The van der Waals surface area contributed by atoms with E-state index in [-0.39, 0.29) is 5.91 Å². The Labute approximate surface area is 151 Å². The molecule has 4 rings (SSSR count). The van der Waals surface area contributed by atoms with E-state index in [0.717, 1.165) is 27.9 Å². The zero-order valence-corrected chi connectivity index (χ0v) is 14.1. The zero-order chi connectivity index (χ0) is 17.8. The number of hydrogen-bond acceptors (Lipinski definition) is 2. The highest BCUT2D eigenvalue weighted by Gasteiger charge is 2.07. The molecule has 0 saturated carbocycles. The molecule has 0 unspecified atom stereocenters. The first-order chi connectivity index (χ1) is 12.8. The van der Waals surface area contributed by atoms with Crippen LogP contribution in [0.5, 0.6) is 5.75 Å². The smallest absolute Gasteiger partial charge is 0.255 e. The van der Waals surface area contributed by atoms with Crippen molar-refractivity contribution in [2.24, 2.45) is 0 Å². The fourth-order valence-corrected chi connectivity index (χ4v) is 2.77. The van der Waals surface area contributed by atoms with E-state index < -0.39 is 0 Å². The van der Waals surface area contributed by atoms with Crippen molar-refractivity contribution >= 4 is 22.5 Å². The molecular weight excluding hydrogens is 324 g/mol. The van der Waals surface area contributed by atoms with Crippen LogP contribution in [-0.2, 0) is 6.61 Å². The van der Waals surface area contributed by atoms with Crippen molar-refractivity contribution in [3.05, 3.63) is 96.2 Å². The molecule has 128 valence electrons. The van der Waals surface area contributed by atoms with E-state index in [9.17, 15) is 4.79 Å². The molecule has 26 heavy (non-hydrogen) atoms. The van der Waals surface area contributed by atoms with E-state index in [1.807, 2.05) is 85.1 Å². The van der Waals surface area contributed by atoms with Crippen molar-refractivity contribution in [3.8, 4) is 5.75 Å². The summed E-state index contributed by atoms with van der Waals surface area (Å²) in [6.45, 7) is 0.517. The van der Waals surface area contributed by atoms with Crippen molar-refractivity contribution in [2.75, 3.05) is 5.32 Å². The zero-order valence-electron chi connectivity index (χ0n) is 14.1. The molecule has 4 heteroatoms. The van der Waals surface area contributed by atoms with Crippen LogP contribution in [0.25, 0.3) is 10.9 Å². The average Bonchev–Trinajstić information content (AvgIpc) is 3.16. The number of carbonyl (C=O) groups excluding carboxylic acids is 1. The molecule has 0 spiro atoms. The summed E-state index contributed by atoms with van der Waals surface area (Å²) in [6.07, 6.45) is 1.86. The first-order valence-corrected chi connectivity index (χ1v) is 8.43. The molecule has 0 radical (unpaired) electrons. The van der Waals surface area contributed by atoms with Gasteiger partial charge in [-0.1, -0.05) is 30.3 Å². The molecule has 0 aliphatic heterocycles. The highest BCUT2D eigenvalue weighted by molar-refractivity contribution is 6.06. The van der Waals surface area contributed by atoms with E-state index in [1.165, 1.54) is 0 Å². The number of amides is 1. The topological polar surface area (TPSA) is 54.1 Å². The Balaban J connectivity index is 1.39. The van der Waals surface area contributed by atoms with Crippen LogP contribution in [0.3, 0.4) is 0 Å². The summed E-state index contributed by atoms with van der Waals surface area (Å²) in [5.41, 5.74) is 3.49. The summed E-state index contributed by atoms with van der Waals surface area (Å²) >= 11 is 0. The van der Waals surface area contributed by atoms with Crippen molar-refractivity contribution < 1.29 is 9.53 Å². The molecule has 0 fully saturated rings. The molecule has 0 saturated heterocycles. The molecule has 0 aliphatic carbocycles. The highest BCUT2D eigenvalue weighted by Crippen LogP contribution is 2.19. The predicted molar refractivity (Wildman–Crippen MR) is 103 cm³/mol. The number of benzene rings is 3. The second-order valence-electron chi connectivity index (χ2n) is 6.03. The summed E-state index contributed by atoms with van der Waals surface area (Å²) in [7, 11) is 0. The first-order valence-electron chi connectivity index (χ1n) is 8.43. The number of anilines is 1. The Morgan fingerprint density at radius 3 is 2.54 bits per heavy atom. The number of nitrogens with one attached hydrogen (secondary N) is 2. The minimum Gasteiger partial charge on any atom is -0.489 e. The van der Waals surface area contributed by atoms with Crippen LogP contribution in [0.4, 0.5) is 5.69 Å². The Hall–Kier alpha value is -3.53. The van der Waals surface area contributed by atoms with Gasteiger partial charge in [0.15, 0.2) is 0 Å². The fraction of sp³-hybridized carbons (Fsp3) is 0.0455. The minimum atomic E-state index is -0.133. The maximum atomic E-state index is 12.4. The van der Waals surface area contributed by atoms with E-state index in [4.69, 9.17) is 4.74 Å². The molecule has 3 aromatic carbocycles. The fourth-order valence-electron chi connectivity index (χ4n) is 2.77. The highest BCUT2D eigenvalue weighted by atomic mass is 16.5. The largest absolute Gasteiger partial charge is 0.489 e. The number of rotatable bonds is 5. The maximum Gasteiger partial charge on any atom is 0.255 e. The second kappa shape index (κ2) is 7.15. The standard InChI is InChI=1S/C22H18N2O2/c25-22(18-6-11-21-17(14-18)12-13-23-21)24-19-7-9-20(10-8-19)26-15-16-4-2-1-3-5-16/h1-14,23H,15H2,(H,24,25). The third-order valence-electron chi connectivity index (χ3n) is 4.18. The van der Waals surface area contributed by atoms with Gasteiger partial charge in [0.2, 0.25) is 0 Å². The lowest BCUT2D eigenvalue weighted by atomic mass is 10.1. The third kappa shape index (κ3) is 3.59. The number of aromatic nitrogens is 1. The lowest BCUT2D eigenvalue weighted by molar-refractivity contribution is 0.102. The number of carbonyl (C=O) groups is 1. The monoisotopic (exact) mass is 342 g/mol. The van der Waals surface area contributed by atoms with Gasteiger partial charge in [-0.3, -0.25) is 4.79 Å². The Bertz CT molecular complexity index is 1020. The van der Waals surface area contributed by atoms with Gasteiger partial charge in [-0.2, -0.15) is 0 Å². The SMILES string of the molecule is O=C(Nc1ccc(OCc2ccccc2)cc1)c1ccc2[nH]ccc2c1. The third-order valence-corrected chi connectivity index (χ3v) is 4.18. The van der Waals surface area contributed by atoms with E-state index in [1.54, 1.807) is 0 Å². The van der Waals surface area contributed by atoms with Crippen molar-refractivity contribution in [1.29, 1.82) is 0 Å². The molecule has 1 amide bonds. The number of ether oxygens (including phenoxy) is 1. The molecule has 2 N–H and O–H groups in total. The van der Waals surface area contributed by atoms with Crippen molar-refractivity contribution in [1.82, 2.24) is 4.98 Å². The van der Waals surface area contributed by atoms with Gasteiger partial charge in [0.05, 0.1) is 0 Å². The quantitative estimate of drug-likeness (QED) is 0.536. The van der Waals surface area contributed by atoms with Gasteiger partial charge < -0.3 is 15.0 Å². The maximum absolute atomic E-state index is 12.4. The molecule has 4 aromatic rings. The van der Waals surface area contributed by atoms with Gasteiger partial charge in [-0.25, -0.2) is 0 Å². The molecule has 1 heterocycles. The van der Waals surface area contributed by atoms with Gasteiger partial charge in [0, 0.05) is 28.4 Å². The van der Waals surface area contributed by atoms with Crippen LogP contribution >= 0.6 is 0 Å². The lowest BCUT2D eigenvalue weighted by Gasteiger charge is -2.09. The number of fused-ring (bicyclic) bond motifs is 1. The van der Waals surface area contributed by atoms with Crippen LogP contribution in [0.15, 0.2) is 85.1 Å². The Kier molecular flexibility index (Phi) is 4.39. The van der Waals surface area contributed by atoms with E-state index in [0.29, 0.717) is 12.2 Å². The number of hydrogen-bond donors (Lipinski definition) is 2. The van der Waals surface area contributed by atoms with Crippen molar-refractivity contribution in [3.63, 3.8) is 0 Å². The number of H-pyrrole nitrogens is 1. The van der Waals surface area contributed by atoms with Crippen LogP contribution in [-0.4, -0.2) is 10.9 Å². The summed E-state index contributed by atoms with van der Waals surface area (Å²) < 4.78 is 5.76. The summed E-state index contributed by atoms with van der Waals surface area (Å²) in [4.78, 5) is 15.5. The molecule has 0 atom stereocenters. The van der Waals surface area contributed by atoms with Crippen LogP contribution in [0.2, 0.25) is 0 Å². The van der Waals surface area contributed by atoms with Gasteiger partial charge in [0.25, 0.3) is 5.91 Å². The summed E-state index contributed by atoms with van der Waals surface area (Å²) in [6, 6.07) is 24.9. The van der Waals surface area contributed by atoms with Gasteiger partial charge in [-0.05, 0) is 54.1 Å². The molecule has 0 aliphatic rings. The Morgan fingerprint density at radius 2 is 1.73 bits per heavy atom. The van der Waals surface area contributed by atoms with Crippen LogP contribution in [0.1, 0.15) is 15.9 Å². The van der Waals surface area contributed by atoms with Gasteiger partial charge >= 0.3 is 0 Å². The summed E-state index contributed by atoms with van der Waals surface area (Å²) in [5.74, 6) is 0.631. The van der Waals surface area contributed by atoms with Crippen LogP contribution in [0, 0.1) is 0 Å². The Morgan fingerprint density at radius 1 is 0.923 bits per heavy atom.